The van der Waals surface area contributed by atoms with Crippen LogP contribution in [0.1, 0.15) is 29.7 Å². The number of benzene rings is 1. The Labute approximate surface area is 144 Å². The van der Waals surface area contributed by atoms with E-state index in [4.69, 9.17) is 0 Å². The molecule has 7 nitrogen and oxygen atoms in total. The van der Waals surface area contributed by atoms with Crippen LogP contribution in [-0.2, 0) is 19.5 Å². The minimum atomic E-state index is -0.244. The summed E-state index contributed by atoms with van der Waals surface area (Å²) < 4.78 is 3.40. The molecule has 0 fully saturated rings. The van der Waals surface area contributed by atoms with Crippen molar-refractivity contribution in [3.63, 3.8) is 0 Å². The Hall–Kier alpha value is -2.96. The molecular weight excluding hydrogens is 318 g/mol. The van der Waals surface area contributed by atoms with Gasteiger partial charge in [-0.25, -0.2) is 9.67 Å². The minimum Gasteiger partial charge on any atom is -0.346 e. The number of aryl methyl sites for hydroxylation is 2. The number of imidazole rings is 1. The molecule has 1 amide bonds. The highest BCUT2D eigenvalue weighted by Gasteiger charge is 2.23. The molecule has 1 aliphatic heterocycles. The van der Waals surface area contributed by atoms with Crippen LogP contribution in [0.15, 0.2) is 41.5 Å². The van der Waals surface area contributed by atoms with Crippen molar-refractivity contribution in [3.8, 4) is 0 Å². The fourth-order valence-electron chi connectivity index (χ4n) is 3.36. The smallest absolute Gasteiger partial charge is 0.274 e. The Morgan fingerprint density at radius 1 is 1.32 bits per heavy atom. The quantitative estimate of drug-likeness (QED) is 0.782. The van der Waals surface area contributed by atoms with Crippen molar-refractivity contribution in [1.82, 2.24) is 24.6 Å². The van der Waals surface area contributed by atoms with E-state index in [1.165, 1.54) is 4.68 Å². The highest BCUT2D eigenvalue weighted by molar-refractivity contribution is 6.04. The van der Waals surface area contributed by atoms with Crippen molar-refractivity contribution in [2.75, 3.05) is 0 Å². The molecule has 0 saturated carbocycles. The highest BCUT2D eigenvalue weighted by atomic mass is 16.2. The number of carbonyl (C=O) groups excluding carboxylic acids is 1. The Kier molecular flexibility index (Phi) is 3.83. The van der Waals surface area contributed by atoms with Crippen molar-refractivity contribution in [3.05, 3.63) is 58.5 Å². The van der Waals surface area contributed by atoms with Crippen molar-refractivity contribution in [2.24, 2.45) is 0 Å². The summed E-state index contributed by atoms with van der Waals surface area (Å²) >= 11 is 0. The van der Waals surface area contributed by atoms with Gasteiger partial charge in [-0.05, 0) is 19.4 Å². The van der Waals surface area contributed by atoms with Crippen molar-refractivity contribution >= 4 is 16.7 Å². The molecule has 3 aromatic rings. The van der Waals surface area contributed by atoms with Crippen molar-refractivity contribution in [1.29, 1.82) is 0 Å². The van der Waals surface area contributed by atoms with Crippen LogP contribution >= 0.6 is 0 Å². The summed E-state index contributed by atoms with van der Waals surface area (Å²) in [5.41, 5.74) is 0.129. The topological polar surface area (TPSA) is 81.8 Å². The molecule has 0 spiro atoms. The van der Waals surface area contributed by atoms with Gasteiger partial charge in [0.15, 0.2) is 5.69 Å². The third-order valence-electron chi connectivity index (χ3n) is 4.65. The van der Waals surface area contributed by atoms with Gasteiger partial charge in [0.2, 0.25) is 0 Å². The van der Waals surface area contributed by atoms with Gasteiger partial charge in [-0.3, -0.25) is 9.59 Å². The van der Waals surface area contributed by atoms with Crippen molar-refractivity contribution < 1.29 is 4.79 Å². The van der Waals surface area contributed by atoms with Crippen LogP contribution in [0.3, 0.4) is 0 Å². The molecule has 1 unspecified atom stereocenters. The maximum absolute atomic E-state index is 12.8. The zero-order valence-electron chi connectivity index (χ0n) is 14.0. The average Bonchev–Trinajstić information content (AvgIpc) is 3.10. The van der Waals surface area contributed by atoms with E-state index in [1.807, 2.05) is 19.2 Å². The van der Waals surface area contributed by atoms with E-state index in [1.54, 1.807) is 24.4 Å². The van der Waals surface area contributed by atoms with Crippen LogP contribution < -0.4 is 10.9 Å². The number of aromatic nitrogens is 4. The van der Waals surface area contributed by atoms with Gasteiger partial charge in [0.25, 0.3) is 11.5 Å². The molecule has 2 aromatic heterocycles. The standard InChI is InChI=1S/C18H19N5O2/c1-2-23-18(25)14-6-4-3-5-13(14)16(21-23)17(24)20-12-7-8-15-19-9-10-22(15)11-12/h3-6,9-10,12H,2,7-8,11H2,1H3,(H,20,24). The van der Waals surface area contributed by atoms with E-state index < -0.39 is 0 Å². The Morgan fingerprint density at radius 3 is 2.92 bits per heavy atom. The molecule has 7 heteroatoms. The molecule has 0 radical (unpaired) electrons. The fourth-order valence-corrected chi connectivity index (χ4v) is 3.36. The maximum Gasteiger partial charge on any atom is 0.274 e. The molecule has 25 heavy (non-hydrogen) atoms. The molecule has 1 aromatic carbocycles. The molecular formula is C18H19N5O2. The largest absolute Gasteiger partial charge is 0.346 e. The second kappa shape index (κ2) is 6.16. The third-order valence-corrected chi connectivity index (χ3v) is 4.65. The van der Waals surface area contributed by atoms with Gasteiger partial charge < -0.3 is 9.88 Å². The monoisotopic (exact) mass is 337 g/mol. The Balaban J connectivity index is 1.66. The molecule has 128 valence electrons. The Bertz CT molecular complexity index is 1000. The molecule has 1 atom stereocenters. The molecule has 0 aliphatic carbocycles. The van der Waals surface area contributed by atoms with Gasteiger partial charge in [-0.1, -0.05) is 18.2 Å². The van der Waals surface area contributed by atoms with Crippen LogP contribution in [0.5, 0.6) is 0 Å². The second-order valence-electron chi connectivity index (χ2n) is 6.22. The first-order chi connectivity index (χ1) is 12.2. The molecule has 0 saturated heterocycles. The molecule has 1 N–H and O–H groups in total. The average molecular weight is 337 g/mol. The lowest BCUT2D eigenvalue weighted by atomic mass is 10.1. The summed E-state index contributed by atoms with van der Waals surface area (Å²) in [5.74, 6) is 0.806. The molecule has 1 aliphatic rings. The van der Waals surface area contributed by atoms with Gasteiger partial charge in [0.1, 0.15) is 5.82 Å². The summed E-state index contributed by atoms with van der Waals surface area (Å²) in [6, 6.07) is 7.15. The molecule has 0 bridgehead atoms. The number of carbonyl (C=O) groups is 1. The number of nitrogens with one attached hydrogen (secondary N) is 1. The minimum absolute atomic E-state index is 0.0248. The second-order valence-corrected chi connectivity index (χ2v) is 6.22. The lowest BCUT2D eigenvalue weighted by Crippen LogP contribution is -2.42. The van der Waals surface area contributed by atoms with Crippen molar-refractivity contribution in [2.45, 2.75) is 38.9 Å². The number of fused-ring (bicyclic) bond motifs is 2. The summed E-state index contributed by atoms with van der Waals surface area (Å²) in [7, 11) is 0. The van der Waals surface area contributed by atoms with E-state index in [0.717, 1.165) is 18.7 Å². The zero-order chi connectivity index (χ0) is 17.4. The number of amides is 1. The van der Waals surface area contributed by atoms with Crippen LogP contribution in [0.2, 0.25) is 0 Å². The van der Waals surface area contributed by atoms with E-state index in [9.17, 15) is 9.59 Å². The number of hydrogen-bond acceptors (Lipinski definition) is 4. The SMILES string of the molecule is CCn1nc(C(=O)NC2CCc3nccn3C2)c2ccccc2c1=O. The van der Waals surface area contributed by atoms with Gasteiger partial charge in [0.05, 0.1) is 5.39 Å². The van der Waals surface area contributed by atoms with Crippen LogP contribution in [-0.4, -0.2) is 31.3 Å². The predicted molar refractivity (Wildman–Crippen MR) is 93.5 cm³/mol. The normalized spacial score (nSPS) is 16.6. The predicted octanol–water partition coefficient (Wildman–Crippen LogP) is 1.36. The number of nitrogens with zero attached hydrogens (tertiary/aromatic N) is 4. The Morgan fingerprint density at radius 2 is 2.12 bits per heavy atom. The van der Waals surface area contributed by atoms with E-state index in [-0.39, 0.29) is 17.5 Å². The van der Waals surface area contributed by atoms with Gasteiger partial charge in [-0.15, -0.1) is 0 Å². The van der Waals surface area contributed by atoms with E-state index in [2.05, 4.69) is 20.0 Å². The van der Waals surface area contributed by atoms with Gasteiger partial charge >= 0.3 is 0 Å². The number of hydrogen-bond donors (Lipinski definition) is 1. The fraction of sp³-hybridized carbons (Fsp3) is 0.333. The lowest BCUT2D eigenvalue weighted by molar-refractivity contribution is 0.0922. The first kappa shape index (κ1) is 15.6. The van der Waals surface area contributed by atoms with Crippen LogP contribution in [0, 0.1) is 0 Å². The molecule has 4 rings (SSSR count). The summed E-state index contributed by atoms with van der Waals surface area (Å²) in [5, 5.41) is 8.47. The van der Waals surface area contributed by atoms with Crippen LogP contribution in [0.25, 0.3) is 10.8 Å². The highest BCUT2D eigenvalue weighted by Crippen LogP contribution is 2.16. The van der Waals surface area contributed by atoms with Gasteiger partial charge in [0, 0.05) is 43.3 Å². The maximum atomic E-state index is 12.8. The van der Waals surface area contributed by atoms with Gasteiger partial charge in [-0.2, -0.15) is 5.10 Å². The number of rotatable bonds is 3. The third kappa shape index (κ3) is 2.71. The lowest BCUT2D eigenvalue weighted by Gasteiger charge is -2.24. The first-order valence-corrected chi connectivity index (χ1v) is 8.48. The van der Waals surface area contributed by atoms with E-state index in [0.29, 0.717) is 29.6 Å². The molecule has 3 heterocycles. The summed E-state index contributed by atoms with van der Waals surface area (Å²) in [4.78, 5) is 29.5. The summed E-state index contributed by atoms with van der Waals surface area (Å²) in [6.45, 7) is 2.96. The van der Waals surface area contributed by atoms with E-state index >= 15 is 0 Å². The first-order valence-electron chi connectivity index (χ1n) is 8.48. The summed E-state index contributed by atoms with van der Waals surface area (Å²) in [6.07, 6.45) is 5.39. The zero-order valence-corrected chi connectivity index (χ0v) is 14.0. The van der Waals surface area contributed by atoms with Crippen LogP contribution in [0.4, 0.5) is 0 Å².